The highest BCUT2D eigenvalue weighted by molar-refractivity contribution is 6.42. The van der Waals surface area contributed by atoms with Crippen LogP contribution in [0.3, 0.4) is 0 Å². The van der Waals surface area contributed by atoms with Crippen LogP contribution in [0, 0.1) is 0 Å². The Balaban J connectivity index is 1.75. The molecule has 2 N–H and O–H groups in total. The van der Waals surface area contributed by atoms with Gasteiger partial charge in [-0.2, -0.15) is 0 Å². The molecule has 0 heterocycles. The van der Waals surface area contributed by atoms with Crippen LogP contribution in [0.4, 0.5) is 5.69 Å². The first-order chi connectivity index (χ1) is 11.5. The van der Waals surface area contributed by atoms with Crippen molar-refractivity contribution in [1.29, 1.82) is 0 Å². The fraction of sp³-hybridized carbons (Fsp3) is 0.176. The van der Waals surface area contributed by atoms with E-state index in [-0.39, 0.29) is 24.8 Å². The molecule has 0 spiro atoms. The second-order valence-corrected chi connectivity index (χ2v) is 6.27. The van der Waals surface area contributed by atoms with E-state index in [1.54, 1.807) is 36.4 Å². The topological polar surface area (TPSA) is 58.2 Å². The third-order valence-corrected chi connectivity index (χ3v) is 4.34. The highest BCUT2D eigenvalue weighted by atomic mass is 35.5. The lowest BCUT2D eigenvalue weighted by Gasteiger charge is -2.08. The van der Waals surface area contributed by atoms with Crippen molar-refractivity contribution in [3.63, 3.8) is 0 Å². The average molecular weight is 386 g/mol. The Kier molecular flexibility index (Phi) is 6.91. The lowest BCUT2D eigenvalue weighted by molar-refractivity contribution is -0.124. The van der Waals surface area contributed by atoms with Gasteiger partial charge in [0.2, 0.25) is 11.8 Å². The molecule has 0 radical (unpaired) electrons. The molecule has 0 aliphatic carbocycles. The summed E-state index contributed by atoms with van der Waals surface area (Å²) in [5.41, 5.74) is 1.41. The van der Waals surface area contributed by atoms with Gasteiger partial charge < -0.3 is 10.6 Å². The summed E-state index contributed by atoms with van der Waals surface area (Å²) < 4.78 is 0. The summed E-state index contributed by atoms with van der Waals surface area (Å²) in [5.74, 6) is -0.552. The van der Waals surface area contributed by atoms with Crippen LogP contribution in [0.5, 0.6) is 0 Å². The molecular weight excluding hydrogens is 371 g/mol. The summed E-state index contributed by atoms with van der Waals surface area (Å²) in [6.45, 7) is -0.106. The van der Waals surface area contributed by atoms with Crippen LogP contribution in [0.25, 0.3) is 0 Å². The fourth-order valence-corrected chi connectivity index (χ4v) is 2.54. The summed E-state index contributed by atoms with van der Waals surface area (Å²) in [7, 11) is 0. The molecule has 2 aromatic rings. The van der Waals surface area contributed by atoms with Gasteiger partial charge in [0.05, 0.1) is 16.6 Å². The number of anilines is 1. The van der Waals surface area contributed by atoms with E-state index in [2.05, 4.69) is 10.6 Å². The van der Waals surface area contributed by atoms with Crippen molar-refractivity contribution in [2.45, 2.75) is 12.8 Å². The molecule has 0 bridgehead atoms. The van der Waals surface area contributed by atoms with Gasteiger partial charge in [-0.3, -0.25) is 9.59 Å². The summed E-state index contributed by atoms with van der Waals surface area (Å²) in [6.07, 6.45) is 0.665. The molecule has 0 saturated carbocycles. The summed E-state index contributed by atoms with van der Waals surface area (Å²) in [4.78, 5) is 23.6. The van der Waals surface area contributed by atoms with E-state index in [0.717, 1.165) is 5.56 Å². The highest BCUT2D eigenvalue weighted by Gasteiger charge is 2.09. The van der Waals surface area contributed by atoms with Crippen molar-refractivity contribution >= 4 is 52.3 Å². The van der Waals surface area contributed by atoms with E-state index in [1.807, 2.05) is 6.07 Å². The molecule has 0 aliphatic rings. The lowest BCUT2D eigenvalue weighted by atomic mass is 10.1. The Morgan fingerprint density at radius 2 is 1.62 bits per heavy atom. The zero-order chi connectivity index (χ0) is 17.5. The first-order valence-corrected chi connectivity index (χ1v) is 8.34. The number of hydrogen-bond donors (Lipinski definition) is 2. The number of rotatable bonds is 6. The summed E-state index contributed by atoms with van der Waals surface area (Å²) in [5, 5.41) is 6.72. The zero-order valence-corrected chi connectivity index (χ0v) is 14.9. The van der Waals surface area contributed by atoms with Crippen molar-refractivity contribution in [1.82, 2.24) is 5.32 Å². The second-order valence-electron chi connectivity index (χ2n) is 5.04. The number of benzene rings is 2. The Morgan fingerprint density at radius 3 is 2.33 bits per heavy atom. The van der Waals surface area contributed by atoms with Crippen LogP contribution < -0.4 is 10.6 Å². The van der Waals surface area contributed by atoms with Crippen molar-refractivity contribution in [3.8, 4) is 0 Å². The number of amides is 2. The predicted octanol–water partition coefficient (Wildman–Crippen LogP) is 4.33. The van der Waals surface area contributed by atoms with E-state index in [1.165, 1.54) is 0 Å². The molecule has 24 heavy (non-hydrogen) atoms. The van der Waals surface area contributed by atoms with Crippen LogP contribution >= 0.6 is 34.8 Å². The largest absolute Gasteiger partial charge is 0.347 e. The van der Waals surface area contributed by atoms with Crippen molar-refractivity contribution in [2.24, 2.45) is 0 Å². The second kappa shape index (κ2) is 8.92. The molecule has 0 saturated heterocycles. The van der Waals surface area contributed by atoms with Crippen molar-refractivity contribution in [3.05, 3.63) is 63.1 Å². The summed E-state index contributed by atoms with van der Waals surface area (Å²) in [6, 6.07) is 12.0. The maximum Gasteiger partial charge on any atom is 0.243 e. The number of halogens is 3. The van der Waals surface area contributed by atoms with Crippen LogP contribution in [0.2, 0.25) is 15.1 Å². The molecule has 0 fully saturated rings. The fourth-order valence-electron chi connectivity index (χ4n) is 2.00. The number of aryl methyl sites for hydroxylation is 1. The Hall–Kier alpha value is -1.75. The van der Waals surface area contributed by atoms with Crippen LogP contribution in [-0.2, 0) is 16.0 Å². The molecule has 2 aromatic carbocycles. The number of carbonyl (C=O) groups is 2. The zero-order valence-electron chi connectivity index (χ0n) is 12.6. The van der Waals surface area contributed by atoms with E-state index in [9.17, 15) is 9.59 Å². The third-order valence-electron chi connectivity index (χ3n) is 3.23. The van der Waals surface area contributed by atoms with Gasteiger partial charge in [0.15, 0.2) is 0 Å². The molecule has 7 heteroatoms. The molecule has 0 unspecified atom stereocenters. The minimum atomic E-state index is -0.313. The van der Waals surface area contributed by atoms with Crippen molar-refractivity contribution in [2.75, 3.05) is 11.9 Å². The number of hydrogen-bond acceptors (Lipinski definition) is 2. The van der Waals surface area contributed by atoms with Crippen molar-refractivity contribution < 1.29 is 9.59 Å². The summed E-state index contributed by atoms with van der Waals surface area (Å²) >= 11 is 17.8. The molecular formula is C17H15Cl3N2O2. The Morgan fingerprint density at radius 1 is 0.917 bits per heavy atom. The van der Waals surface area contributed by atoms with Gasteiger partial charge in [-0.1, -0.05) is 46.9 Å². The van der Waals surface area contributed by atoms with E-state index in [4.69, 9.17) is 34.8 Å². The maximum atomic E-state index is 11.8. The normalized spacial score (nSPS) is 10.3. The van der Waals surface area contributed by atoms with Gasteiger partial charge in [0.25, 0.3) is 0 Å². The lowest BCUT2D eigenvalue weighted by Crippen LogP contribution is -2.32. The van der Waals surface area contributed by atoms with E-state index in [0.29, 0.717) is 27.2 Å². The highest BCUT2D eigenvalue weighted by Crippen LogP contribution is 2.26. The number of nitrogens with one attached hydrogen (secondary N) is 2. The van der Waals surface area contributed by atoms with Crippen LogP contribution in [0.1, 0.15) is 12.0 Å². The third kappa shape index (κ3) is 5.71. The van der Waals surface area contributed by atoms with Gasteiger partial charge in [-0.05, 0) is 42.3 Å². The molecule has 2 amide bonds. The first-order valence-electron chi connectivity index (χ1n) is 7.20. The van der Waals surface area contributed by atoms with Gasteiger partial charge in [0.1, 0.15) is 0 Å². The Bertz CT molecular complexity index is 733. The number of carbonyl (C=O) groups excluding carboxylic acids is 2. The minimum Gasteiger partial charge on any atom is -0.347 e. The van der Waals surface area contributed by atoms with E-state index < -0.39 is 0 Å². The quantitative estimate of drug-likeness (QED) is 0.777. The van der Waals surface area contributed by atoms with Gasteiger partial charge in [0, 0.05) is 17.1 Å². The first kappa shape index (κ1) is 18.6. The Labute approximate surface area is 155 Å². The average Bonchev–Trinajstić information content (AvgIpc) is 2.56. The van der Waals surface area contributed by atoms with E-state index >= 15 is 0 Å². The van der Waals surface area contributed by atoms with Crippen LogP contribution in [-0.4, -0.2) is 18.4 Å². The molecule has 4 nitrogen and oxygen atoms in total. The molecule has 0 atom stereocenters. The smallest absolute Gasteiger partial charge is 0.243 e. The molecule has 0 aliphatic heterocycles. The monoisotopic (exact) mass is 384 g/mol. The van der Waals surface area contributed by atoms with Gasteiger partial charge in [-0.25, -0.2) is 0 Å². The standard InChI is InChI=1S/C17H15Cl3N2O2/c18-12-5-7-13(8-6-12)22-16(24)10-21-15(23)9-4-11-2-1-3-14(19)17(11)20/h1-3,5-8H,4,9-10H2,(H,21,23)(H,22,24). The molecule has 0 aromatic heterocycles. The van der Waals surface area contributed by atoms with Gasteiger partial charge >= 0.3 is 0 Å². The van der Waals surface area contributed by atoms with Gasteiger partial charge in [-0.15, -0.1) is 0 Å². The van der Waals surface area contributed by atoms with Crippen LogP contribution in [0.15, 0.2) is 42.5 Å². The predicted molar refractivity (Wildman–Crippen MR) is 97.9 cm³/mol. The minimum absolute atomic E-state index is 0.106. The maximum absolute atomic E-state index is 11.8. The molecule has 2 rings (SSSR count). The molecule has 126 valence electrons. The SMILES string of the molecule is O=C(CCc1cccc(Cl)c1Cl)NCC(=O)Nc1ccc(Cl)cc1.